The molecule has 6 nitrogen and oxygen atoms in total. The van der Waals surface area contributed by atoms with Gasteiger partial charge in [-0.3, -0.25) is 5.10 Å². The Hall–Kier alpha value is -2.41. The first kappa shape index (κ1) is 13.6. The van der Waals surface area contributed by atoms with Crippen molar-refractivity contribution in [3.05, 3.63) is 54.4 Å². The van der Waals surface area contributed by atoms with Crippen LogP contribution < -0.4 is 5.32 Å². The van der Waals surface area contributed by atoms with Gasteiger partial charge in [-0.15, -0.1) is 0 Å². The number of rotatable bonds is 5. The summed E-state index contributed by atoms with van der Waals surface area (Å²) in [5.41, 5.74) is 2.02. The maximum atomic E-state index is 4.36. The topological polar surface area (TPSA) is 79.4 Å². The van der Waals surface area contributed by atoms with E-state index in [0.29, 0.717) is 6.54 Å². The summed E-state index contributed by atoms with van der Waals surface area (Å²) in [6, 6.07) is 10.1. The van der Waals surface area contributed by atoms with Crippen molar-refractivity contribution < 1.29 is 0 Å². The number of aromatic amines is 1. The SMILES string of the molecule is Cc1nccc(CNc2ccc(Sc3ncn[nH]3)cc2)n1. The Morgan fingerprint density at radius 3 is 2.71 bits per heavy atom. The molecule has 21 heavy (non-hydrogen) atoms. The average molecular weight is 298 g/mol. The molecule has 0 bridgehead atoms. The third-order valence-corrected chi connectivity index (χ3v) is 3.67. The Bertz CT molecular complexity index is 696. The first-order valence-corrected chi connectivity index (χ1v) is 7.27. The first-order valence-electron chi connectivity index (χ1n) is 6.45. The molecule has 0 amide bonds. The molecule has 0 saturated carbocycles. The molecule has 0 fully saturated rings. The molecule has 2 aromatic heterocycles. The molecular weight excluding hydrogens is 284 g/mol. The number of nitrogens with zero attached hydrogens (tertiary/aromatic N) is 4. The van der Waals surface area contributed by atoms with Crippen LogP contribution in [0.3, 0.4) is 0 Å². The van der Waals surface area contributed by atoms with Crippen LogP contribution in [0.1, 0.15) is 11.5 Å². The van der Waals surface area contributed by atoms with E-state index in [4.69, 9.17) is 0 Å². The van der Waals surface area contributed by atoms with E-state index in [2.05, 4.69) is 30.5 Å². The Labute approximate surface area is 126 Å². The molecule has 3 rings (SSSR count). The lowest BCUT2D eigenvalue weighted by atomic mass is 10.3. The summed E-state index contributed by atoms with van der Waals surface area (Å²) in [6.07, 6.45) is 3.28. The molecule has 0 atom stereocenters. The smallest absolute Gasteiger partial charge is 0.188 e. The van der Waals surface area contributed by atoms with Gasteiger partial charge in [0.1, 0.15) is 12.2 Å². The van der Waals surface area contributed by atoms with Crippen LogP contribution in [-0.4, -0.2) is 25.1 Å². The maximum Gasteiger partial charge on any atom is 0.188 e. The largest absolute Gasteiger partial charge is 0.379 e. The number of nitrogens with one attached hydrogen (secondary N) is 2. The number of hydrogen-bond donors (Lipinski definition) is 2. The van der Waals surface area contributed by atoms with E-state index in [-0.39, 0.29) is 0 Å². The van der Waals surface area contributed by atoms with E-state index in [0.717, 1.165) is 27.3 Å². The Balaban J connectivity index is 1.59. The Morgan fingerprint density at radius 2 is 2.00 bits per heavy atom. The molecule has 0 aliphatic heterocycles. The number of anilines is 1. The summed E-state index contributed by atoms with van der Waals surface area (Å²) in [5, 5.41) is 10.8. The highest BCUT2D eigenvalue weighted by Gasteiger charge is 2.01. The molecule has 106 valence electrons. The van der Waals surface area contributed by atoms with Crippen LogP contribution in [0.4, 0.5) is 5.69 Å². The lowest BCUT2D eigenvalue weighted by Crippen LogP contribution is -2.02. The van der Waals surface area contributed by atoms with E-state index < -0.39 is 0 Å². The van der Waals surface area contributed by atoms with Crippen LogP contribution in [0.15, 0.2) is 52.9 Å². The van der Waals surface area contributed by atoms with E-state index in [1.807, 2.05) is 37.3 Å². The molecule has 0 aliphatic rings. The minimum Gasteiger partial charge on any atom is -0.379 e. The number of benzene rings is 1. The number of aromatic nitrogens is 5. The summed E-state index contributed by atoms with van der Waals surface area (Å²) in [5.74, 6) is 0.785. The molecule has 3 aromatic rings. The Kier molecular flexibility index (Phi) is 4.11. The highest BCUT2D eigenvalue weighted by molar-refractivity contribution is 7.99. The lowest BCUT2D eigenvalue weighted by molar-refractivity contribution is 0.955. The van der Waals surface area contributed by atoms with Crippen LogP contribution >= 0.6 is 11.8 Å². The van der Waals surface area contributed by atoms with Crippen LogP contribution in [0.2, 0.25) is 0 Å². The zero-order chi connectivity index (χ0) is 14.5. The molecule has 0 spiro atoms. The number of hydrogen-bond acceptors (Lipinski definition) is 6. The second-order valence-corrected chi connectivity index (χ2v) is 5.43. The van der Waals surface area contributed by atoms with Gasteiger partial charge in [0.05, 0.1) is 12.2 Å². The standard InChI is InChI=1S/C14H14N6S/c1-10-15-7-6-12(19-10)8-16-11-2-4-13(5-3-11)21-14-17-9-18-20-14/h2-7,9,16H,8H2,1H3,(H,17,18,20). The monoisotopic (exact) mass is 298 g/mol. The fraction of sp³-hybridized carbons (Fsp3) is 0.143. The zero-order valence-electron chi connectivity index (χ0n) is 11.4. The van der Waals surface area contributed by atoms with Gasteiger partial charge in [0, 0.05) is 16.8 Å². The molecule has 0 unspecified atom stereocenters. The second kappa shape index (κ2) is 6.36. The van der Waals surface area contributed by atoms with Crippen molar-refractivity contribution >= 4 is 17.4 Å². The van der Waals surface area contributed by atoms with E-state index in [1.165, 1.54) is 6.33 Å². The second-order valence-electron chi connectivity index (χ2n) is 4.37. The minimum atomic E-state index is 0.679. The van der Waals surface area contributed by atoms with Crippen LogP contribution in [0.25, 0.3) is 0 Å². The maximum absolute atomic E-state index is 4.36. The molecule has 2 heterocycles. The fourth-order valence-corrected chi connectivity index (χ4v) is 2.49. The third kappa shape index (κ3) is 3.79. The van der Waals surface area contributed by atoms with Crippen molar-refractivity contribution in [1.82, 2.24) is 25.1 Å². The molecule has 7 heteroatoms. The highest BCUT2D eigenvalue weighted by Crippen LogP contribution is 2.25. The summed E-state index contributed by atoms with van der Waals surface area (Å²) >= 11 is 1.54. The molecule has 0 radical (unpaired) electrons. The van der Waals surface area contributed by atoms with E-state index in [1.54, 1.807) is 18.0 Å². The van der Waals surface area contributed by atoms with Crippen LogP contribution in [0, 0.1) is 6.92 Å². The van der Waals surface area contributed by atoms with Crippen LogP contribution in [-0.2, 0) is 6.54 Å². The first-order chi connectivity index (χ1) is 10.3. The minimum absolute atomic E-state index is 0.679. The predicted octanol–water partition coefficient (Wildman–Crippen LogP) is 2.67. The predicted molar refractivity (Wildman–Crippen MR) is 81.0 cm³/mol. The van der Waals surface area contributed by atoms with Crippen molar-refractivity contribution in [2.75, 3.05) is 5.32 Å². The van der Waals surface area contributed by atoms with Gasteiger partial charge in [0.15, 0.2) is 5.16 Å². The van der Waals surface area contributed by atoms with Crippen LogP contribution in [0.5, 0.6) is 0 Å². The summed E-state index contributed by atoms with van der Waals surface area (Å²) < 4.78 is 0. The van der Waals surface area contributed by atoms with Gasteiger partial charge in [-0.1, -0.05) is 11.8 Å². The number of H-pyrrole nitrogens is 1. The Morgan fingerprint density at radius 1 is 1.14 bits per heavy atom. The fourth-order valence-electron chi connectivity index (χ4n) is 1.79. The molecule has 1 aromatic carbocycles. The van der Waals surface area contributed by atoms with Gasteiger partial charge < -0.3 is 5.32 Å². The van der Waals surface area contributed by atoms with Crippen molar-refractivity contribution in [3.8, 4) is 0 Å². The normalized spacial score (nSPS) is 10.5. The molecule has 0 aliphatic carbocycles. The van der Waals surface area contributed by atoms with Crippen molar-refractivity contribution in [2.45, 2.75) is 23.5 Å². The molecular formula is C14H14N6S. The van der Waals surface area contributed by atoms with Gasteiger partial charge >= 0.3 is 0 Å². The average Bonchev–Trinajstić information content (AvgIpc) is 3.00. The van der Waals surface area contributed by atoms with Gasteiger partial charge in [0.2, 0.25) is 0 Å². The molecule has 0 saturated heterocycles. The molecule has 2 N–H and O–H groups in total. The van der Waals surface area contributed by atoms with Crippen molar-refractivity contribution in [2.24, 2.45) is 0 Å². The van der Waals surface area contributed by atoms with Crippen molar-refractivity contribution in [1.29, 1.82) is 0 Å². The lowest BCUT2D eigenvalue weighted by Gasteiger charge is -2.07. The van der Waals surface area contributed by atoms with E-state index >= 15 is 0 Å². The van der Waals surface area contributed by atoms with Crippen molar-refractivity contribution in [3.63, 3.8) is 0 Å². The van der Waals surface area contributed by atoms with E-state index in [9.17, 15) is 0 Å². The summed E-state index contributed by atoms with van der Waals surface area (Å²) in [7, 11) is 0. The van der Waals surface area contributed by atoms with Gasteiger partial charge in [-0.2, -0.15) is 5.10 Å². The third-order valence-electron chi connectivity index (χ3n) is 2.77. The summed E-state index contributed by atoms with van der Waals surface area (Å²) in [6.45, 7) is 2.57. The quantitative estimate of drug-likeness (QED) is 0.754. The number of aryl methyl sites for hydroxylation is 1. The summed E-state index contributed by atoms with van der Waals surface area (Å²) in [4.78, 5) is 13.6. The zero-order valence-corrected chi connectivity index (χ0v) is 12.3. The van der Waals surface area contributed by atoms with Gasteiger partial charge in [0.25, 0.3) is 0 Å². The van der Waals surface area contributed by atoms with Gasteiger partial charge in [-0.25, -0.2) is 15.0 Å². The highest BCUT2D eigenvalue weighted by atomic mass is 32.2. The van der Waals surface area contributed by atoms with Gasteiger partial charge in [-0.05, 0) is 37.3 Å².